The molecule has 2 nitrogen and oxygen atoms in total. The molecule has 0 fully saturated rings. The summed E-state index contributed by atoms with van der Waals surface area (Å²) in [5.74, 6) is -0.194. The molecular weight excluding hydrogens is 224 g/mol. The van der Waals surface area contributed by atoms with Gasteiger partial charge in [-0.3, -0.25) is 4.79 Å². The first-order valence-corrected chi connectivity index (χ1v) is 7.20. The van der Waals surface area contributed by atoms with E-state index in [1.165, 1.54) is 39.0 Å². The highest BCUT2D eigenvalue weighted by Crippen LogP contribution is 2.06. The van der Waals surface area contributed by atoms with Crippen LogP contribution in [0.15, 0.2) is 24.3 Å². The van der Waals surface area contributed by atoms with E-state index >= 15 is 0 Å². The number of hydrogen-bond acceptors (Lipinski definition) is 2. The molecule has 0 unspecified atom stereocenters. The fourth-order valence-corrected chi connectivity index (χ4v) is 1.67. The average molecular weight is 252 g/mol. The predicted molar refractivity (Wildman–Crippen MR) is 77.5 cm³/mol. The van der Waals surface area contributed by atoms with E-state index in [2.05, 4.69) is 31.2 Å². The molecule has 0 N–H and O–H groups in total. The molecule has 0 aliphatic rings. The fraction of sp³-hybridized carbons (Fsp3) is 0.688. The van der Waals surface area contributed by atoms with E-state index in [0.29, 0.717) is 6.61 Å². The van der Waals surface area contributed by atoms with Crippen LogP contribution in [-0.4, -0.2) is 12.6 Å². The average Bonchev–Trinajstić information content (AvgIpc) is 2.34. The van der Waals surface area contributed by atoms with Gasteiger partial charge in [0, 0.05) is 6.92 Å². The Balaban J connectivity index is 3.12. The van der Waals surface area contributed by atoms with Crippen LogP contribution >= 0.6 is 0 Å². The van der Waals surface area contributed by atoms with Crippen LogP contribution in [0, 0.1) is 0 Å². The summed E-state index contributed by atoms with van der Waals surface area (Å²) < 4.78 is 4.84. The quantitative estimate of drug-likeness (QED) is 0.300. The minimum atomic E-state index is -0.194. The van der Waals surface area contributed by atoms with Crippen LogP contribution in [0.25, 0.3) is 0 Å². The first kappa shape index (κ1) is 16.9. The maximum Gasteiger partial charge on any atom is 0.302 e. The zero-order chi connectivity index (χ0) is 13.5. The third-order valence-corrected chi connectivity index (χ3v) is 2.65. The third kappa shape index (κ3) is 14.9. The lowest BCUT2D eigenvalue weighted by Gasteiger charge is -1.98. The first-order valence-electron chi connectivity index (χ1n) is 7.20. The minimum absolute atomic E-state index is 0.194. The van der Waals surface area contributed by atoms with Gasteiger partial charge in [-0.05, 0) is 38.5 Å². The van der Waals surface area contributed by atoms with Gasteiger partial charge in [0.2, 0.25) is 0 Å². The Morgan fingerprint density at radius 1 is 0.889 bits per heavy atom. The summed E-state index contributed by atoms with van der Waals surface area (Å²) in [6, 6.07) is 0. The van der Waals surface area contributed by atoms with Crippen molar-refractivity contribution in [3.05, 3.63) is 24.3 Å². The number of allylic oxidation sites excluding steroid dienone is 3. The molecule has 104 valence electrons. The number of carbonyl (C=O) groups is 1. The SMILES string of the molecule is CC/C=C\CCCCCC/C=C\CCOC(C)=O. The Kier molecular flexibility index (Phi) is 13.2. The second-order valence-electron chi connectivity index (χ2n) is 4.47. The van der Waals surface area contributed by atoms with Crippen LogP contribution in [0.3, 0.4) is 0 Å². The molecule has 18 heavy (non-hydrogen) atoms. The molecule has 0 bridgehead atoms. The van der Waals surface area contributed by atoms with E-state index in [1.54, 1.807) is 0 Å². The predicted octanol–water partition coefficient (Wildman–Crippen LogP) is 4.80. The normalized spacial score (nSPS) is 11.4. The summed E-state index contributed by atoms with van der Waals surface area (Å²) in [5, 5.41) is 0. The lowest BCUT2D eigenvalue weighted by Crippen LogP contribution is -1.98. The van der Waals surface area contributed by atoms with E-state index in [9.17, 15) is 4.79 Å². The Morgan fingerprint density at radius 2 is 1.44 bits per heavy atom. The first-order chi connectivity index (χ1) is 8.77. The number of rotatable bonds is 11. The van der Waals surface area contributed by atoms with E-state index < -0.39 is 0 Å². The summed E-state index contributed by atoms with van der Waals surface area (Å²) in [6.45, 7) is 4.12. The minimum Gasteiger partial charge on any atom is -0.466 e. The van der Waals surface area contributed by atoms with Gasteiger partial charge in [0.15, 0.2) is 0 Å². The Hall–Kier alpha value is -1.05. The van der Waals surface area contributed by atoms with Gasteiger partial charge < -0.3 is 4.74 Å². The summed E-state index contributed by atoms with van der Waals surface area (Å²) >= 11 is 0. The molecule has 0 saturated carbocycles. The Labute approximate surface area is 112 Å². The molecule has 0 heterocycles. The van der Waals surface area contributed by atoms with Crippen molar-refractivity contribution in [3.63, 3.8) is 0 Å². The zero-order valence-corrected chi connectivity index (χ0v) is 12.0. The summed E-state index contributed by atoms with van der Waals surface area (Å²) in [4.78, 5) is 10.5. The highest BCUT2D eigenvalue weighted by atomic mass is 16.5. The molecule has 0 aromatic rings. The van der Waals surface area contributed by atoms with E-state index in [4.69, 9.17) is 4.74 Å². The van der Waals surface area contributed by atoms with Gasteiger partial charge in [-0.15, -0.1) is 0 Å². The molecule has 0 aliphatic carbocycles. The van der Waals surface area contributed by atoms with Crippen molar-refractivity contribution in [1.29, 1.82) is 0 Å². The standard InChI is InChI=1S/C16H28O2/c1-3-4-5-6-7-8-9-10-11-12-13-14-15-18-16(2)17/h4-5,12-13H,3,6-11,14-15H2,1-2H3/b5-4-,13-12-. The Morgan fingerprint density at radius 3 is 2.00 bits per heavy atom. The largest absolute Gasteiger partial charge is 0.466 e. The van der Waals surface area contributed by atoms with E-state index in [-0.39, 0.29) is 5.97 Å². The molecular formula is C16H28O2. The Bertz CT molecular complexity index is 241. The number of unbranched alkanes of at least 4 members (excludes halogenated alkanes) is 5. The van der Waals surface area contributed by atoms with Crippen LogP contribution in [0.4, 0.5) is 0 Å². The monoisotopic (exact) mass is 252 g/mol. The van der Waals surface area contributed by atoms with Crippen LogP contribution in [-0.2, 0) is 9.53 Å². The number of hydrogen-bond donors (Lipinski definition) is 0. The zero-order valence-electron chi connectivity index (χ0n) is 12.0. The summed E-state index contributed by atoms with van der Waals surface area (Å²) in [5.41, 5.74) is 0. The van der Waals surface area contributed by atoms with Crippen LogP contribution < -0.4 is 0 Å². The molecule has 0 radical (unpaired) electrons. The maximum absolute atomic E-state index is 10.5. The van der Waals surface area contributed by atoms with Crippen molar-refractivity contribution in [1.82, 2.24) is 0 Å². The van der Waals surface area contributed by atoms with Gasteiger partial charge in [-0.25, -0.2) is 0 Å². The van der Waals surface area contributed by atoms with E-state index in [0.717, 1.165) is 19.3 Å². The molecule has 0 amide bonds. The molecule has 0 saturated heterocycles. The highest BCUT2D eigenvalue weighted by molar-refractivity contribution is 5.65. The van der Waals surface area contributed by atoms with Crippen molar-refractivity contribution in [2.45, 2.75) is 65.2 Å². The molecule has 0 aromatic heterocycles. The molecule has 0 aromatic carbocycles. The van der Waals surface area contributed by atoms with Crippen molar-refractivity contribution in [2.24, 2.45) is 0 Å². The van der Waals surface area contributed by atoms with Gasteiger partial charge in [-0.2, -0.15) is 0 Å². The molecule has 0 spiro atoms. The summed E-state index contributed by atoms with van der Waals surface area (Å²) in [6.07, 6.45) is 18.4. The number of ether oxygens (including phenoxy) is 1. The van der Waals surface area contributed by atoms with Gasteiger partial charge in [0.1, 0.15) is 0 Å². The van der Waals surface area contributed by atoms with Gasteiger partial charge in [0.05, 0.1) is 6.61 Å². The third-order valence-electron chi connectivity index (χ3n) is 2.65. The van der Waals surface area contributed by atoms with Crippen molar-refractivity contribution >= 4 is 5.97 Å². The smallest absolute Gasteiger partial charge is 0.302 e. The number of esters is 1. The molecule has 2 heteroatoms. The second kappa shape index (κ2) is 14.0. The molecule has 0 atom stereocenters. The maximum atomic E-state index is 10.5. The van der Waals surface area contributed by atoms with Crippen molar-refractivity contribution in [3.8, 4) is 0 Å². The fourth-order valence-electron chi connectivity index (χ4n) is 1.67. The second-order valence-corrected chi connectivity index (χ2v) is 4.47. The summed E-state index contributed by atoms with van der Waals surface area (Å²) in [7, 11) is 0. The van der Waals surface area contributed by atoms with Gasteiger partial charge in [-0.1, -0.05) is 44.1 Å². The van der Waals surface area contributed by atoms with E-state index in [1.807, 2.05) is 0 Å². The van der Waals surface area contributed by atoms with Gasteiger partial charge >= 0.3 is 5.97 Å². The number of carbonyl (C=O) groups excluding carboxylic acids is 1. The lowest BCUT2D eigenvalue weighted by atomic mass is 10.1. The van der Waals surface area contributed by atoms with Crippen LogP contribution in [0.1, 0.15) is 65.2 Å². The van der Waals surface area contributed by atoms with Gasteiger partial charge in [0.25, 0.3) is 0 Å². The molecule has 0 aliphatic heterocycles. The lowest BCUT2D eigenvalue weighted by molar-refractivity contribution is -0.140. The van der Waals surface area contributed by atoms with Crippen LogP contribution in [0.2, 0.25) is 0 Å². The van der Waals surface area contributed by atoms with Crippen molar-refractivity contribution < 1.29 is 9.53 Å². The van der Waals surface area contributed by atoms with Crippen molar-refractivity contribution in [2.75, 3.05) is 6.61 Å². The highest BCUT2D eigenvalue weighted by Gasteiger charge is 1.89. The topological polar surface area (TPSA) is 26.3 Å². The molecule has 0 rings (SSSR count). The van der Waals surface area contributed by atoms with Crippen LogP contribution in [0.5, 0.6) is 0 Å².